The Kier molecular flexibility index (Phi) is 4.95. The third-order valence-electron chi connectivity index (χ3n) is 3.43. The lowest BCUT2D eigenvalue weighted by molar-refractivity contribution is -0.135. The van der Waals surface area contributed by atoms with Crippen LogP contribution in [-0.2, 0) is 9.53 Å². The van der Waals surface area contributed by atoms with E-state index < -0.39 is 5.97 Å². The fourth-order valence-electron chi connectivity index (χ4n) is 2.09. The molecule has 2 rings (SSSR count). The second kappa shape index (κ2) is 6.70. The minimum Gasteiger partial charge on any atom is -0.452 e. The Labute approximate surface area is 122 Å². The van der Waals surface area contributed by atoms with Gasteiger partial charge in [-0.3, -0.25) is 4.79 Å². The van der Waals surface area contributed by atoms with Crippen molar-refractivity contribution in [3.63, 3.8) is 0 Å². The Bertz CT molecular complexity index is 499. The minimum atomic E-state index is -0.562. The zero-order valence-electron chi connectivity index (χ0n) is 11.3. The molecule has 6 heteroatoms. The number of carbonyl (C=O) groups is 2. The number of piperidine rings is 1. The first-order chi connectivity index (χ1) is 9.56. The third kappa shape index (κ3) is 3.93. The zero-order chi connectivity index (χ0) is 14.5. The summed E-state index contributed by atoms with van der Waals surface area (Å²) in [6.07, 6.45) is 3.42. The number of likely N-dealkylation sites (tertiary alicyclic amines) is 1. The smallest absolute Gasteiger partial charge is 0.338 e. The topological polar surface area (TPSA) is 59.5 Å². The first kappa shape index (κ1) is 14.8. The lowest BCUT2D eigenvalue weighted by Gasteiger charge is -2.30. The maximum Gasteiger partial charge on any atom is 0.338 e. The second-order valence-corrected chi connectivity index (χ2v) is 5.39. The van der Waals surface area contributed by atoms with Crippen molar-refractivity contribution in [1.82, 2.24) is 9.88 Å². The largest absolute Gasteiger partial charge is 0.452 e. The van der Waals surface area contributed by atoms with E-state index in [1.54, 1.807) is 4.90 Å². The van der Waals surface area contributed by atoms with Crippen LogP contribution in [0.1, 0.15) is 30.1 Å². The number of nitrogens with zero attached hydrogens (tertiary/aromatic N) is 2. The maximum absolute atomic E-state index is 11.9. The molecule has 1 aromatic heterocycles. The van der Waals surface area contributed by atoms with Gasteiger partial charge in [-0.2, -0.15) is 0 Å². The molecule has 108 valence electrons. The first-order valence-corrected chi connectivity index (χ1v) is 7.00. The Balaban J connectivity index is 1.82. The number of hydrogen-bond donors (Lipinski definition) is 0. The number of halogens is 1. The highest BCUT2D eigenvalue weighted by molar-refractivity contribution is 6.29. The van der Waals surface area contributed by atoms with E-state index in [2.05, 4.69) is 11.9 Å². The summed E-state index contributed by atoms with van der Waals surface area (Å²) < 4.78 is 5.01. The van der Waals surface area contributed by atoms with Crippen molar-refractivity contribution in [1.29, 1.82) is 0 Å². The van der Waals surface area contributed by atoms with Gasteiger partial charge in [0.15, 0.2) is 6.61 Å². The number of amides is 1. The summed E-state index contributed by atoms with van der Waals surface area (Å²) >= 11 is 5.69. The van der Waals surface area contributed by atoms with Crippen molar-refractivity contribution in [2.75, 3.05) is 19.7 Å². The summed E-state index contributed by atoms with van der Waals surface area (Å²) in [6, 6.07) is 2.91. The van der Waals surface area contributed by atoms with Crippen LogP contribution in [0.4, 0.5) is 0 Å². The minimum absolute atomic E-state index is 0.148. The van der Waals surface area contributed by atoms with E-state index in [0.29, 0.717) is 11.5 Å². The number of rotatable bonds is 3. The molecule has 0 aliphatic carbocycles. The molecule has 0 radical (unpaired) electrons. The highest BCUT2D eigenvalue weighted by Crippen LogP contribution is 2.16. The van der Waals surface area contributed by atoms with E-state index in [1.165, 1.54) is 18.3 Å². The highest BCUT2D eigenvalue weighted by Gasteiger charge is 2.21. The van der Waals surface area contributed by atoms with Crippen molar-refractivity contribution < 1.29 is 14.3 Å². The van der Waals surface area contributed by atoms with Gasteiger partial charge in [0.25, 0.3) is 5.91 Å². The number of ether oxygens (including phenoxy) is 1. The maximum atomic E-state index is 11.9. The van der Waals surface area contributed by atoms with Crippen LogP contribution in [0.25, 0.3) is 0 Å². The van der Waals surface area contributed by atoms with E-state index in [1.807, 2.05) is 0 Å². The summed E-state index contributed by atoms with van der Waals surface area (Å²) in [4.78, 5) is 29.2. The monoisotopic (exact) mass is 296 g/mol. The fourth-order valence-corrected chi connectivity index (χ4v) is 2.26. The van der Waals surface area contributed by atoms with Crippen LogP contribution >= 0.6 is 11.6 Å². The van der Waals surface area contributed by atoms with Gasteiger partial charge in [0.05, 0.1) is 5.56 Å². The highest BCUT2D eigenvalue weighted by atomic mass is 35.5. The van der Waals surface area contributed by atoms with Gasteiger partial charge in [-0.1, -0.05) is 18.5 Å². The molecule has 1 saturated heterocycles. The van der Waals surface area contributed by atoms with Crippen LogP contribution in [0.2, 0.25) is 5.15 Å². The van der Waals surface area contributed by atoms with Gasteiger partial charge in [-0.15, -0.1) is 0 Å². The van der Waals surface area contributed by atoms with Crippen LogP contribution in [0.5, 0.6) is 0 Å². The molecule has 1 aliphatic rings. The predicted octanol–water partition coefficient (Wildman–Crippen LogP) is 2.15. The van der Waals surface area contributed by atoms with E-state index in [0.717, 1.165) is 25.9 Å². The average Bonchev–Trinajstić information content (AvgIpc) is 2.45. The van der Waals surface area contributed by atoms with E-state index in [9.17, 15) is 9.59 Å². The van der Waals surface area contributed by atoms with Crippen LogP contribution in [0.3, 0.4) is 0 Å². The van der Waals surface area contributed by atoms with Crippen LogP contribution in [-0.4, -0.2) is 41.5 Å². The molecule has 1 amide bonds. The van der Waals surface area contributed by atoms with Gasteiger partial charge in [-0.05, 0) is 30.9 Å². The van der Waals surface area contributed by atoms with Gasteiger partial charge < -0.3 is 9.64 Å². The van der Waals surface area contributed by atoms with Crippen LogP contribution in [0.15, 0.2) is 18.3 Å². The Morgan fingerprint density at radius 2 is 2.15 bits per heavy atom. The quantitative estimate of drug-likeness (QED) is 0.633. The molecule has 0 unspecified atom stereocenters. The third-order valence-corrected chi connectivity index (χ3v) is 3.63. The normalized spacial score (nSPS) is 16.0. The van der Waals surface area contributed by atoms with Crippen molar-refractivity contribution in [3.05, 3.63) is 29.0 Å². The molecular weight excluding hydrogens is 280 g/mol. The first-order valence-electron chi connectivity index (χ1n) is 6.62. The Morgan fingerprint density at radius 1 is 1.45 bits per heavy atom. The molecule has 0 spiro atoms. The molecule has 1 aliphatic heterocycles. The summed E-state index contributed by atoms with van der Waals surface area (Å²) in [6.45, 7) is 3.42. The molecule has 5 nitrogen and oxygen atoms in total. The summed E-state index contributed by atoms with van der Waals surface area (Å²) in [5.74, 6) is -0.0565. The number of carbonyl (C=O) groups excluding carboxylic acids is 2. The van der Waals surface area contributed by atoms with E-state index >= 15 is 0 Å². The van der Waals surface area contributed by atoms with Gasteiger partial charge in [0.1, 0.15) is 5.15 Å². The molecule has 1 fully saturated rings. The van der Waals surface area contributed by atoms with Gasteiger partial charge in [0, 0.05) is 19.3 Å². The Hall–Kier alpha value is -1.62. The molecule has 0 aromatic carbocycles. The van der Waals surface area contributed by atoms with E-state index in [-0.39, 0.29) is 17.7 Å². The van der Waals surface area contributed by atoms with Crippen LogP contribution in [0, 0.1) is 5.92 Å². The van der Waals surface area contributed by atoms with Crippen molar-refractivity contribution in [2.45, 2.75) is 19.8 Å². The molecule has 20 heavy (non-hydrogen) atoms. The number of aromatic nitrogens is 1. The lowest BCUT2D eigenvalue weighted by atomic mass is 9.99. The predicted molar refractivity (Wildman–Crippen MR) is 74.5 cm³/mol. The van der Waals surface area contributed by atoms with Crippen molar-refractivity contribution in [2.24, 2.45) is 5.92 Å². The SMILES string of the molecule is CC1CCN(C(=O)COC(=O)c2ccnc(Cl)c2)CC1. The second-order valence-electron chi connectivity index (χ2n) is 5.01. The molecule has 0 bridgehead atoms. The Morgan fingerprint density at radius 3 is 2.80 bits per heavy atom. The van der Waals surface area contributed by atoms with Crippen LogP contribution < -0.4 is 0 Å². The summed E-state index contributed by atoms with van der Waals surface area (Å²) in [5.41, 5.74) is 0.296. The molecule has 0 saturated carbocycles. The van der Waals surface area contributed by atoms with Gasteiger partial charge in [0.2, 0.25) is 0 Å². The zero-order valence-corrected chi connectivity index (χ0v) is 12.1. The number of hydrogen-bond acceptors (Lipinski definition) is 4. The molecule has 1 aromatic rings. The molecule has 0 atom stereocenters. The van der Waals surface area contributed by atoms with E-state index in [4.69, 9.17) is 16.3 Å². The lowest BCUT2D eigenvalue weighted by Crippen LogP contribution is -2.40. The van der Waals surface area contributed by atoms with Gasteiger partial charge >= 0.3 is 5.97 Å². The fraction of sp³-hybridized carbons (Fsp3) is 0.500. The molecular formula is C14H17ClN2O3. The average molecular weight is 297 g/mol. The standard InChI is InChI=1S/C14H17ClN2O3/c1-10-3-6-17(7-4-10)13(18)9-20-14(19)11-2-5-16-12(15)8-11/h2,5,8,10H,3-4,6-7,9H2,1H3. The van der Waals surface area contributed by atoms with Crippen molar-refractivity contribution in [3.8, 4) is 0 Å². The molecule has 2 heterocycles. The number of pyridine rings is 1. The number of esters is 1. The van der Waals surface area contributed by atoms with Crippen molar-refractivity contribution >= 4 is 23.5 Å². The summed E-state index contributed by atoms with van der Waals surface area (Å²) in [5, 5.41) is 0.218. The molecule has 0 N–H and O–H groups in total. The van der Waals surface area contributed by atoms with Gasteiger partial charge in [-0.25, -0.2) is 9.78 Å². The summed E-state index contributed by atoms with van der Waals surface area (Å²) in [7, 11) is 0.